The first kappa shape index (κ1) is 20.4. The van der Waals surface area contributed by atoms with Crippen LogP contribution in [-0.4, -0.2) is 24.5 Å². The third kappa shape index (κ3) is 3.90. The number of ether oxygens (including phenoxy) is 3. The number of carbonyl (C=O) groups is 2. The maximum atomic E-state index is 12.8. The van der Waals surface area contributed by atoms with E-state index in [2.05, 4.69) is 32.9 Å². The van der Waals surface area contributed by atoms with Crippen molar-refractivity contribution >= 4 is 17.8 Å². The molecule has 0 aromatic heterocycles. The van der Waals surface area contributed by atoms with E-state index in [1.54, 1.807) is 25.1 Å². The standard InChI is InChI=1S/C25H26O5/c1-15-19(30-24(27)20-6-5-13-28-20)12-11-18-22(26)21(29-23(15)18)14-16-7-9-17(10-8-16)25(2,3)4/h7-12,14,20H,5-6,13H2,1-4H3/b21-14-. The van der Waals surface area contributed by atoms with Crippen molar-refractivity contribution in [3.63, 3.8) is 0 Å². The Kier molecular flexibility index (Phi) is 5.24. The molecule has 2 aromatic rings. The first-order valence-corrected chi connectivity index (χ1v) is 10.3. The van der Waals surface area contributed by atoms with Gasteiger partial charge in [-0.15, -0.1) is 0 Å². The lowest BCUT2D eigenvalue weighted by atomic mass is 9.86. The van der Waals surface area contributed by atoms with Crippen LogP contribution >= 0.6 is 0 Å². The van der Waals surface area contributed by atoms with Gasteiger partial charge in [0, 0.05) is 12.2 Å². The molecule has 5 nitrogen and oxygen atoms in total. The molecule has 2 heterocycles. The predicted octanol–water partition coefficient (Wildman–Crippen LogP) is 4.99. The normalized spacial score (nSPS) is 19.7. The van der Waals surface area contributed by atoms with E-state index >= 15 is 0 Å². The summed E-state index contributed by atoms with van der Waals surface area (Å²) in [6.07, 6.45) is 2.74. The number of carbonyl (C=O) groups excluding carboxylic acids is 2. The van der Waals surface area contributed by atoms with Gasteiger partial charge in [0.15, 0.2) is 11.9 Å². The zero-order valence-corrected chi connectivity index (χ0v) is 17.8. The van der Waals surface area contributed by atoms with Gasteiger partial charge in [-0.05, 0) is 54.5 Å². The van der Waals surface area contributed by atoms with Gasteiger partial charge in [0.25, 0.3) is 0 Å². The van der Waals surface area contributed by atoms with Crippen LogP contribution in [0.5, 0.6) is 11.5 Å². The molecule has 4 rings (SSSR count). The molecule has 0 spiro atoms. The zero-order valence-electron chi connectivity index (χ0n) is 17.8. The van der Waals surface area contributed by atoms with Gasteiger partial charge in [0.05, 0.1) is 5.56 Å². The SMILES string of the molecule is Cc1c(OC(=O)C2CCCO2)ccc2c1O/C(=C\c1ccc(C(C)(C)C)cc1)C2=O. The Labute approximate surface area is 176 Å². The van der Waals surface area contributed by atoms with E-state index in [4.69, 9.17) is 14.2 Å². The second kappa shape index (κ2) is 7.73. The molecule has 30 heavy (non-hydrogen) atoms. The van der Waals surface area contributed by atoms with Crippen LogP contribution < -0.4 is 9.47 Å². The lowest BCUT2D eigenvalue weighted by molar-refractivity contribution is -0.144. The number of hydrogen-bond acceptors (Lipinski definition) is 5. The van der Waals surface area contributed by atoms with E-state index in [-0.39, 0.29) is 17.0 Å². The molecule has 1 unspecified atom stereocenters. The lowest BCUT2D eigenvalue weighted by Crippen LogP contribution is -2.25. The molecular formula is C25H26O5. The van der Waals surface area contributed by atoms with Crippen molar-refractivity contribution < 1.29 is 23.8 Å². The fourth-order valence-electron chi connectivity index (χ4n) is 3.65. The molecule has 0 amide bonds. The van der Waals surface area contributed by atoms with Gasteiger partial charge in [0.1, 0.15) is 11.5 Å². The number of ketones is 1. The first-order chi connectivity index (χ1) is 14.2. The molecule has 0 aliphatic carbocycles. The number of benzene rings is 2. The fraction of sp³-hybridized carbons (Fsp3) is 0.360. The maximum Gasteiger partial charge on any atom is 0.340 e. The fourth-order valence-corrected chi connectivity index (χ4v) is 3.65. The third-order valence-corrected chi connectivity index (χ3v) is 5.51. The first-order valence-electron chi connectivity index (χ1n) is 10.3. The lowest BCUT2D eigenvalue weighted by Gasteiger charge is -2.18. The molecular weight excluding hydrogens is 380 g/mol. The van der Waals surface area contributed by atoms with Gasteiger partial charge in [-0.25, -0.2) is 4.79 Å². The summed E-state index contributed by atoms with van der Waals surface area (Å²) in [6, 6.07) is 11.4. The van der Waals surface area contributed by atoms with Gasteiger partial charge in [-0.2, -0.15) is 0 Å². The summed E-state index contributed by atoms with van der Waals surface area (Å²) < 4.78 is 16.8. The summed E-state index contributed by atoms with van der Waals surface area (Å²) in [5.74, 6) is 0.506. The number of rotatable bonds is 3. The minimum absolute atomic E-state index is 0.0655. The van der Waals surface area contributed by atoms with E-state index in [1.807, 2.05) is 12.1 Å². The van der Waals surface area contributed by atoms with Crippen molar-refractivity contribution in [2.75, 3.05) is 6.61 Å². The van der Waals surface area contributed by atoms with Crippen molar-refractivity contribution in [3.05, 3.63) is 64.4 Å². The highest BCUT2D eigenvalue weighted by Crippen LogP contribution is 2.39. The Morgan fingerprint density at radius 1 is 1.13 bits per heavy atom. The Morgan fingerprint density at radius 2 is 1.87 bits per heavy atom. The van der Waals surface area contributed by atoms with Gasteiger partial charge in [0.2, 0.25) is 5.78 Å². The second-order valence-electron chi connectivity index (χ2n) is 8.80. The number of Topliss-reactive ketones (excluding diaryl/α,β-unsaturated/α-hetero) is 1. The molecule has 0 saturated carbocycles. The highest BCUT2D eigenvalue weighted by atomic mass is 16.6. The van der Waals surface area contributed by atoms with Crippen LogP contribution in [0.25, 0.3) is 6.08 Å². The summed E-state index contributed by atoms with van der Waals surface area (Å²) in [4.78, 5) is 25.1. The molecule has 2 aliphatic heterocycles. The molecule has 2 aromatic carbocycles. The van der Waals surface area contributed by atoms with Gasteiger partial charge in [-0.3, -0.25) is 4.79 Å². The van der Waals surface area contributed by atoms with Crippen LogP contribution in [0.2, 0.25) is 0 Å². The Balaban J connectivity index is 1.56. The summed E-state index contributed by atoms with van der Waals surface area (Å²) in [5.41, 5.74) is 3.28. The molecule has 0 bridgehead atoms. The zero-order chi connectivity index (χ0) is 21.5. The molecule has 5 heteroatoms. The average Bonchev–Trinajstić information content (AvgIpc) is 3.34. The van der Waals surface area contributed by atoms with Crippen molar-refractivity contribution in [2.24, 2.45) is 0 Å². The highest BCUT2D eigenvalue weighted by Gasteiger charge is 2.32. The topological polar surface area (TPSA) is 61.8 Å². The Morgan fingerprint density at radius 3 is 2.50 bits per heavy atom. The minimum Gasteiger partial charge on any atom is -0.452 e. The molecule has 0 N–H and O–H groups in total. The van der Waals surface area contributed by atoms with E-state index in [0.717, 1.165) is 12.0 Å². The summed E-state index contributed by atoms with van der Waals surface area (Å²) >= 11 is 0. The van der Waals surface area contributed by atoms with Crippen molar-refractivity contribution in [3.8, 4) is 11.5 Å². The summed E-state index contributed by atoms with van der Waals surface area (Å²) in [7, 11) is 0. The van der Waals surface area contributed by atoms with E-state index in [9.17, 15) is 9.59 Å². The largest absolute Gasteiger partial charge is 0.452 e. The van der Waals surface area contributed by atoms with Crippen LogP contribution in [0.3, 0.4) is 0 Å². The highest BCUT2D eigenvalue weighted by molar-refractivity contribution is 6.15. The van der Waals surface area contributed by atoms with Crippen LogP contribution in [0.15, 0.2) is 42.2 Å². The van der Waals surface area contributed by atoms with Crippen LogP contribution in [0, 0.1) is 6.92 Å². The minimum atomic E-state index is -0.522. The monoisotopic (exact) mass is 406 g/mol. The van der Waals surface area contributed by atoms with Crippen LogP contribution in [0.1, 0.15) is 60.7 Å². The average molecular weight is 406 g/mol. The van der Waals surface area contributed by atoms with Crippen molar-refractivity contribution in [1.29, 1.82) is 0 Å². The van der Waals surface area contributed by atoms with Gasteiger partial charge < -0.3 is 14.2 Å². The number of allylic oxidation sites excluding steroid dienone is 1. The van der Waals surface area contributed by atoms with E-state index < -0.39 is 12.1 Å². The maximum absolute atomic E-state index is 12.8. The molecule has 1 atom stereocenters. The number of fused-ring (bicyclic) bond motifs is 1. The second-order valence-corrected chi connectivity index (χ2v) is 8.80. The van der Waals surface area contributed by atoms with Crippen molar-refractivity contribution in [1.82, 2.24) is 0 Å². The summed E-state index contributed by atoms with van der Waals surface area (Å²) in [5, 5.41) is 0. The smallest absolute Gasteiger partial charge is 0.340 e. The van der Waals surface area contributed by atoms with Gasteiger partial charge >= 0.3 is 5.97 Å². The molecule has 1 saturated heterocycles. The predicted molar refractivity (Wildman–Crippen MR) is 114 cm³/mol. The molecule has 2 aliphatic rings. The molecule has 1 fully saturated rings. The number of hydrogen-bond donors (Lipinski definition) is 0. The quantitative estimate of drug-likeness (QED) is 0.408. The van der Waals surface area contributed by atoms with E-state index in [1.165, 1.54) is 5.56 Å². The summed E-state index contributed by atoms with van der Waals surface area (Å²) in [6.45, 7) is 8.84. The third-order valence-electron chi connectivity index (χ3n) is 5.51. The van der Waals surface area contributed by atoms with Crippen LogP contribution in [0.4, 0.5) is 0 Å². The van der Waals surface area contributed by atoms with Crippen molar-refractivity contribution in [2.45, 2.75) is 52.1 Å². The Bertz CT molecular complexity index is 1020. The van der Waals surface area contributed by atoms with E-state index in [0.29, 0.717) is 35.7 Å². The Hall–Kier alpha value is -2.92. The number of esters is 1. The van der Waals surface area contributed by atoms with Crippen LogP contribution in [-0.2, 0) is 14.9 Å². The molecule has 156 valence electrons. The van der Waals surface area contributed by atoms with Gasteiger partial charge in [-0.1, -0.05) is 45.0 Å². The molecule has 0 radical (unpaired) electrons.